The van der Waals surface area contributed by atoms with E-state index in [-0.39, 0.29) is 30.1 Å². The summed E-state index contributed by atoms with van der Waals surface area (Å²) in [5, 5.41) is 25.7. The summed E-state index contributed by atoms with van der Waals surface area (Å²) in [6, 6.07) is 41.0. The number of carbonyl (C=O) groups excluding carboxylic acids is 2. The second kappa shape index (κ2) is 16.0. The van der Waals surface area contributed by atoms with Crippen molar-refractivity contribution in [2.75, 3.05) is 6.61 Å². The highest BCUT2D eigenvalue weighted by Crippen LogP contribution is 2.49. The summed E-state index contributed by atoms with van der Waals surface area (Å²) in [6.45, 7) is 4.79. The van der Waals surface area contributed by atoms with Gasteiger partial charge in [0.25, 0.3) is 0 Å². The zero-order valence-electron chi connectivity index (χ0n) is 29.0. The lowest BCUT2D eigenvalue weighted by atomic mass is 9.64. The summed E-state index contributed by atoms with van der Waals surface area (Å²) < 4.78 is 11.8. The standard InChI is InChI=1S/C41H43N4O4P/c1-5-27-40(3,4)41(43-39(47)48-28-6-2,29-36-44-45-38(49-36)31-19-11-7-12-20-31)37(46)35(30-42)50(32-21-13-8-14-22-32,33-23-15-9-16-24-33)34-25-17-10-18-26-34/h7-26H,5-6,27-29H2,1-4H3,(H,43,47)/t41-/m1/s1. The van der Waals surface area contributed by atoms with E-state index in [2.05, 4.69) is 21.6 Å². The number of carbonyl (C=O) groups is 2. The number of alkyl carbamates (subject to hydrolysis) is 1. The van der Waals surface area contributed by atoms with E-state index in [1.165, 1.54) is 0 Å². The molecule has 0 radical (unpaired) electrons. The van der Waals surface area contributed by atoms with Gasteiger partial charge in [0.1, 0.15) is 16.9 Å². The van der Waals surface area contributed by atoms with Crippen LogP contribution in [-0.2, 0) is 16.0 Å². The molecule has 0 bridgehead atoms. The summed E-state index contributed by atoms with van der Waals surface area (Å²) in [5.74, 6) is -0.0817. The fraction of sp³-hybridized carbons (Fsp3) is 0.268. The molecule has 0 unspecified atom stereocenters. The Morgan fingerprint density at radius 3 is 1.74 bits per heavy atom. The fourth-order valence-electron chi connectivity index (χ4n) is 6.66. The van der Waals surface area contributed by atoms with Crippen molar-refractivity contribution in [3.63, 3.8) is 0 Å². The predicted molar refractivity (Wildman–Crippen MR) is 200 cm³/mol. The molecule has 9 heteroatoms. The van der Waals surface area contributed by atoms with Crippen LogP contribution in [0.5, 0.6) is 0 Å². The molecule has 8 nitrogen and oxygen atoms in total. The van der Waals surface area contributed by atoms with Crippen LogP contribution in [0.3, 0.4) is 0 Å². The van der Waals surface area contributed by atoms with Crippen LogP contribution in [0.2, 0.25) is 0 Å². The first kappa shape index (κ1) is 36.0. The minimum Gasteiger partial charge on any atom is -0.450 e. The number of Topliss-reactive ketones (excluding diaryl/α,β-unsaturated/α-hetero) is 1. The van der Waals surface area contributed by atoms with Crippen molar-refractivity contribution in [1.82, 2.24) is 15.5 Å². The first-order chi connectivity index (χ1) is 24.2. The molecule has 1 amide bonds. The van der Waals surface area contributed by atoms with Crippen LogP contribution < -0.4 is 21.2 Å². The summed E-state index contributed by atoms with van der Waals surface area (Å²) in [4.78, 5) is 29.7. The largest absolute Gasteiger partial charge is 0.450 e. The van der Waals surface area contributed by atoms with Crippen molar-refractivity contribution >= 4 is 40.0 Å². The van der Waals surface area contributed by atoms with Crippen molar-refractivity contribution in [3.05, 3.63) is 127 Å². The zero-order valence-corrected chi connectivity index (χ0v) is 29.9. The Balaban J connectivity index is 1.88. The van der Waals surface area contributed by atoms with Crippen LogP contribution in [0, 0.1) is 16.7 Å². The minimum atomic E-state index is -3.17. The third-order valence-electron chi connectivity index (χ3n) is 9.16. The van der Waals surface area contributed by atoms with Crippen LogP contribution in [0.25, 0.3) is 11.5 Å². The number of nitriles is 1. The maximum Gasteiger partial charge on any atom is 0.407 e. The molecule has 0 fully saturated rings. The van der Waals surface area contributed by atoms with Gasteiger partial charge in [-0.2, -0.15) is 5.26 Å². The van der Waals surface area contributed by atoms with Gasteiger partial charge in [0.2, 0.25) is 17.6 Å². The number of aromatic nitrogens is 2. The molecule has 1 heterocycles. The highest BCUT2D eigenvalue weighted by atomic mass is 31.2. The quantitative estimate of drug-likeness (QED) is 0.122. The molecule has 0 spiro atoms. The van der Waals surface area contributed by atoms with Gasteiger partial charge in [-0.05, 0) is 53.2 Å². The Labute approximate surface area is 294 Å². The molecule has 0 saturated carbocycles. The summed E-state index contributed by atoms with van der Waals surface area (Å²) in [5.41, 5.74) is -1.94. The van der Waals surface area contributed by atoms with Gasteiger partial charge in [0.05, 0.1) is 13.0 Å². The van der Waals surface area contributed by atoms with Crippen molar-refractivity contribution < 1.29 is 18.7 Å². The Morgan fingerprint density at radius 1 is 0.780 bits per heavy atom. The maximum absolute atomic E-state index is 16.0. The first-order valence-electron chi connectivity index (χ1n) is 16.9. The molecular formula is C41H43N4O4P. The van der Waals surface area contributed by atoms with Gasteiger partial charge in [-0.3, -0.25) is 4.79 Å². The van der Waals surface area contributed by atoms with Crippen LogP contribution in [0.4, 0.5) is 4.79 Å². The van der Waals surface area contributed by atoms with E-state index < -0.39 is 29.7 Å². The highest BCUT2D eigenvalue weighted by Gasteiger charge is 2.55. The predicted octanol–water partition coefficient (Wildman–Crippen LogP) is 7.24. The van der Waals surface area contributed by atoms with Crippen molar-refractivity contribution in [1.29, 1.82) is 5.26 Å². The van der Waals surface area contributed by atoms with Gasteiger partial charge < -0.3 is 14.5 Å². The van der Waals surface area contributed by atoms with Crippen molar-refractivity contribution in [2.45, 2.75) is 58.9 Å². The maximum atomic E-state index is 16.0. The van der Waals surface area contributed by atoms with Gasteiger partial charge >= 0.3 is 6.09 Å². The van der Waals surface area contributed by atoms with Gasteiger partial charge in [-0.1, -0.05) is 143 Å². The Morgan fingerprint density at radius 2 is 1.28 bits per heavy atom. The van der Waals surface area contributed by atoms with E-state index in [0.29, 0.717) is 19.3 Å². The summed E-state index contributed by atoms with van der Waals surface area (Å²) in [7, 11) is 0. The Bertz CT molecular complexity index is 1880. The monoisotopic (exact) mass is 686 g/mol. The SMILES string of the molecule is CCCOC(=O)N[C@](Cc1nnc(-c2ccccc2)o1)(C(=O)C(C#N)=P(c1ccccc1)(c1ccccc1)c1ccccc1)C(C)(C)CCC. The average molecular weight is 687 g/mol. The lowest BCUT2D eigenvalue weighted by molar-refractivity contribution is -0.123. The summed E-state index contributed by atoms with van der Waals surface area (Å²) >= 11 is 0. The molecule has 4 aromatic carbocycles. The molecular weight excluding hydrogens is 643 g/mol. The Hall–Kier alpha value is -5.25. The number of nitrogens with zero attached hydrogens (tertiary/aromatic N) is 3. The number of hydrogen-bond donors (Lipinski definition) is 1. The number of amides is 1. The molecule has 0 aliphatic heterocycles. The smallest absolute Gasteiger partial charge is 0.407 e. The van der Waals surface area contributed by atoms with Gasteiger partial charge in [-0.25, -0.2) is 4.79 Å². The number of ether oxygens (including phenoxy) is 1. The summed E-state index contributed by atoms with van der Waals surface area (Å²) in [6.07, 6.45) is 0.900. The molecule has 256 valence electrons. The topological polar surface area (TPSA) is 118 Å². The van der Waals surface area contributed by atoms with Crippen LogP contribution >= 0.6 is 6.89 Å². The number of ketones is 1. The lowest BCUT2D eigenvalue weighted by Gasteiger charge is -2.46. The van der Waals surface area contributed by atoms with E-state index in [0.717, 1.165) is 21.5 Å². The molecule has 1 atom stereocenters. The molecule has 1 aromatic heterocycles. The van der Waals surface area contributed by atoms with Crippen LogP contribution in [-0.4, -0.2) is 39.5 Å². The molecule has 5 rings (SSSR count). The van der Waals surface area contributed by atoms with E-state index >= 15 is 4.79 Å². The fourth-order valence-corrected chi connectivity index (χ4v) is 10.8. The van der Waals surface area contributed by atoms with Crippen LogP contribution in [0.15, 0.2) is 126 Å². The Kier molecular flexibility index (Phi) is 11.5. The number of hydrogen-bond acceptors (Lipinski definition) is 7. The number of benzene rings is 4. The van der Waals surface area contributed by atoms with E-state index in [1.54, 1.807) is 0 Å². The first-order valence-corrected chi connectivity index (χ1v) is 18.7. The number of nitrogens with one attached hydrogen (secondary N) is 1. The van der Waals surface area contributed by atoms with Crippen LogP contribution in [0.1, 0.15) is 52.8 Å². The molecule has 5 aromatic rings. The van der Waals surface area contributed by atoms with E-state index in [9.17, 15) is 10.1 Å². The van der Waals surface area contributed by atoms with Gasteiger partial charge in [-0.15, -0.1) is 10.2 Å². The second-order valence-corrected chi connectivity index (χ2v) is 16.1. The number of rotatable bonds is 14. The molecule has 0 saturated heterocycles. The normalized spacial score (nSPS) is 12.7. The van der Waals surface area contributed by atoms with Gasteiger partial charge in [0.15, 0.2) is 0 Å². The zero-order chi connectivity index (χ0) is 35.6. The average Bonchev–Trinajstić information content (AvgIpc) is 3.62. The van der Waals surface area contributed by atoms with Crippen molar-refractivity contribution in [3.8, 4) is 17.5 Å². The third kappa shape index (κ3) is 7.06. The molecule has 0 aliphatic carbocycles. The van der Waals surface area contributed by atoms with E-state index in [4.69, 9.17) is 9.15 Å². The molecule has 0 aliphatic rings. The van der Waals surface area contributed by atoms with E-state index in [1.807, 2.05) is 149 Å². The third-order valence-corrected chi connectivity index (χ3v) is 13.4. The highest BCUT2D eigenvalue weighted by molar-refractivity contribution is 7.97. The minimum absolute atomic E-state index is 0.0452. The van der Waals surface area contributed by atoms with Gasteiger partial charge in [0, 0.05) is 5.56 Å². The van der Waals surface area contributed by atoms with Crippen molar-refractivity contribution in [2.24, 2.45) is 5.41 Å². The molecule has 1 N–H and O–H groups in total. The second-order valence-electron chi connectivity index (χ2n) is 12.8. The molecule has 50 heavy (non-hydrogen) atoms. The lowest BCUT2D eigenvalue weighted by Crippen LogP contribution is -2.66.